The second kappa shape index (κ2) is 10.7. The minimum atomic E-state index is -3.50. The summed E-state index contributed by atoms with van der Waals surface area (Å²) in [5.74, 6) is -0.777. The van der Waals surface area contributed by atoms with E-state index in [1.807, 2.05) is 0 Å². The number of fused-ring (bicyclic) bond motifs is 1. The lowest BCUT2D eigenvalue weighted by atomic mass is 9.99. The summed E-state index contributed by atoms with van der Waals surface area (Å²) >= 11 is 6.13. The minimum Gasteiger partial charge on any atom is -0.360 e. The Morgan fingerprint density at radius 2 is 1.67 bits per heavy atom. The van der Waals surface area contributed by atoms with Crippen molar-refractivity contribution in [1.82, 2.24) is 24.5 Å². The average molecular weight is 568 g/mol. The van der Waals surface area contributed by atoms with E-state index in [4.69, 9.17) is 11.6 Å². The van der Waals surface area contributed by atoms with Gasteiger partial charge >= 0.3 is 0 Å². The van der Waals surface area contributed by atoms with Crippen LogP contribution in [0, 0.1) is 0 Å². The van der Waals surface area contributed by atoms with Crippen LogP contribution in [-0.2, 0) is 10.0 Å². The van der Waals surface area contributed by atoms with Gasteiger partial charge in [0, 0.05) is 59.3 Å². The van der Waals surface area contributed by atoms with Crippen molar-refractivity contribution >= 4 is 44.3 Å². The van der Waals surface area contributed by atoms with E-state index in [9.17, 15) is 22.8 Å². The van der Waals surface area contributed by atoms with Gasteiger partial charge in [-0.1, -0.05) is 23.7 Å². The molecule has 1 aliphatic rings. The number of aromatic amines is 1. The third-order valence-corrected chi connectivity index (χ3v) is 8.38. The van der Waals surface area contributed by atoms with E-state index in [-0.39, 0.29) is 24.6 Å². The van der Waals surface area contributed by atoms with Gasteiger partial charge < -0.3 is 15.6 Å². The van der Waals surface area contributed by atoms with Gasteiger partial charge in [-0.2, -0.15) is 4.31 Å². The van der Waals surface area contributed by atoms with Crippen LogP contribution in [0.3, 0.4) is 0 Å². The largest absolute Gasteiger partial charge is 0.360 e. The van der Waals surface area contributed by atoms with E-state index >= 15 is 0 Å². The van der Waals surface area contributed by atoms with Crippen molar-refractivity contribution < 1.29 is 18.0 Å². The number of halogens is 1. The SMILES string of the molecule is CS(=O)(=O)N1CC[C@H](NC(=O)c2ccc(-n3ccccc3=O)cc2)[C@H](NC(=O)c2ccc3c(Cl)c[nH]c3c2)C1. The number of amides is 2. The molecule has 202 valence electrons. The van der Waals surface area contributed by atoms with Gasteiger partial charge in [0.15, 0.2) is 0 Å². The number of carbonyl (C=O) groups excluding carboxylic acids is 2. The molecule has 12 heteroatoms. The van der Waals surface area contributed by atoms with Crippen LogP contribution in [-0.4, -0.2) is 65.5 Å². The van der Waals surface area contributed by atoms with Crippen molar-refractivity contribution in [3.63, 3.8) is 0 Å². The Labute approximate surface area is 229 Å². The summed E-state index contributed by atoms with van der Waals surface area (Å²) in [7, 11) is -3.50. The predicted molar refractivity (Wildman–Crippen MR) is 149 cm³/mol. The Kier molecular flexibility index (Phi) is 7.30. The number of rotatable bonds is 6. The maximum Gasteiger partial charge on any atom is 0.255 e. The molecule has 39 heavy (non-hydrogen) atoms. The smallest absolute Gasteiger partial charge is 0.255 e. The molecule has 0 bridgehead atoms. The molecule has 2 aromatic heterocycles. The first-order valence-corrected chi connectivity index (χ1v) is 14.4. The third kappa shape index (κ3) is 5.75. The highest BCUT2D eigenvalue weighted by atomic mass is 35.5. The fourth-order valence-corrected chi connectivity index (χ4v) is 5.78. The van der Waals surface area contributed by atoms with Crippen molar-refractivity contribution in [2.75, 3.05) is 19.3 Å². The number of nitrogens with zero attached hydrogens (tertiary/aromatic N) is 2. The summed E-state index contributed by atoms with van der Waals surface area (Å²) < 4.78 is 27.2. The lowest BCUT2D eigenvalue weighted by Gasteiger charge is -2.38. The summed E-state index contributed by atoms with van der Waals surface area (Å²) in [6, 6.07) is 15.3. The maximum atomic E-state index is 13.2. The molecule has 1 saturated heterocycles. The van der Waals surface area contributed by atoms with Crippen molar-refractivity contribution in [3.05, 3.63) is 99.6 Å². The molecule has 0 unspecified atom stereocenters. The summed E-state index contributed by atoms with van der Waals surface area (Å²) in [6.45, 7) is 0.223. The number of sulfonamides is 1. The number of benzene rings is 2. The fourth-order valence-electron chi connectivity index (χ4n) is 4.69. The van der Waals surface area contributed by atoms with E-state index in [0.717, 1.165) is 11.6 Å². The molecule has 0 radical (unpaired) electrons. The normalized spacial score (nSPS) is 18.1. The van der Waals surface area contributed by atoms with E-state index < -0.39 is 28.0 Å². The van der Waals surface area contributed by atoms with Crippen LogP contribution in [0.15, 0.2) is 77.9 Å². The standard InChI is InChI=1S/C27H26ClN5O5S/c1-39(37,38)32-13-11-22(24(16-32)31-27(36)18-7-10-20-21(28)15-29-23(20)14-18)30-26(35)17-5-8-19(9-6-17)33-12-3-2-4-25(33)34/h2-10,12,14-15,22,24,29H,11,13,16H2,1H3,(H,30,35)(H,31,36)/t22-,24+/m0/s1. The second-order valence-electron chi connectivity index (χ2n) is 9.42. The van der Waals surface area contributed by atoms with Crippen LogP contribution in [0.25, 0.3) is 16.6 Å². The van der Waals surface area contributed by atoms with Crippen molar-refractivity contribution in [2.45, 2.75) is 18.5 Å². The third-order valence-electron chi connectivity index (χ3n) is 6.80. The number of carbonyl (C=O) groups is 2. The van der Waals surface area contributed by atoms with Crippen molar-refractivity contribution in [1.29, 1.82) is 0 Å². The number of pyridine rings is 1. The van der Waals surface area contributed by atoms with Crippen LogP contribution in [0.5, 0.6) is 0 Å². The van der Waals surface area contributed by atoms with E-state index in [1.165, 1.54) is 14.9 Å². The van der Waals surface area contributed by atoms with E-state index in [1.54, 1.807) is 67.0 Å². The average Bonchev–Trinajstić information content (AvgIpc) is 3.29. The Bertz CT molecular complexity index is 1710. The zero-order valence-corrected chi connectivity index (χ0v) is 22.5. The highest BCUT2D eigenvalue weighted by Gasteiger charge is 2.35. The Morgan fingerprint density at radius 1 is 0.974 bits per heavy atom. The highest BCUT2D eigenvalue weighted by molar-refractivity contribution is 7.88. The molecule has 2 atom stereocenters. The highest BCUT2D eigenvalue weighted by Crippen LogP contribution is 2.24. The molecule has 1 fully saturated rings. The number of hydrogen-bond donors (Lipinski definition) is 3. The van der Waals surface area contributed by atoms with Gasteiger partial charge in [0.1, 0.15) is 0 Å². The number of piperidine rings is 1. The topological polar surface area (TPSA) is 133 Å². The first-order chi connectivity index (χ1) is 18.6. The molecule has 0 spiro atoms. The van der Waals surface area contributed by atoms with E-state index in [0.29, 0.717) is 33.8 Å². The van der Waals surface area contributed by atoms with Gasteiger partial charge in [-0.05, 0) is 48.9 Å². The molecule has 2 amide bonds. The van der Waals surface area contributed by atoms with Gasteiger partial charge in [-0.25, -0.2) is 8.42 Å². The van der Waals surface area contributed by atoms with Crippen LogP contribution in [0.4, 0.5) is 0 Å². The summed E-state index contributed by atoms with van der Waals surface area (Å²) in [5, 5.41) is 7.18. The summed E-state index contributed by atoms with van der Waals surface area (Å²) in [5.41, 5.74) is 1.86. The summed E-state index contributed by atoms with van der Waals surface area (Å²) in [4.78, 5) is 41.4. The molecule has 5 rings (SSSR count). The zero-order chi connectivity index (χ0) is 27.7. The first-order valence-electron chi connectivity index (χ1n) is 12.2. The number of hydrogen-bond acceptors (Lipinski definition) is 5. The van der Waals surface area contributed by atoms with Crippen LogP contribution in [0.1, 0.15) is 27.1 Å². The predicted octanol–water partition coefficient (Wildman–Crippen LogP) is 2.53. The number of aromatic nitrogens is 2. The van der Waals surface area contributed by atoms with Crippen LogP contribution < -0.4 is 16.2 Å². The van der Waals surface area contributed by atoms with E-state index in [2.05, 4.69) is 15.6 Å². The van der Waals surface area contributed by atoms with Gasteiger partial charge in [0.05, 0.1) is 23.4 Å². The molecule has 4 aromatic rings. The van der Waals surface area contributed by atoms with Crippen molar-refractivity contribution in [3.8, 4) is 5.69 Å². The quantitative estimate of drug-likeness (QED) is 0.329. The maximum absolute atomic E-state index is 13.2. The Hall–Kier alpha value is -3.93. The van der Waals surface area contributed by atoms with Gasteiger partial charge in [0.2, 0.25) is 10.0 Å². The molecule has 0 aliphatic carbocycles. The molecule has 1 aliphatic heterocycles. The van der Waals surface area contributed by atoms with Crippen molar-refractivity contribution in [2.24, 2.45) is 0 Å². The molecular weight excluding hydrogens is 542 g/mol. The number of nitrogens with one attached hydrogen (secondary N) is 3. The molecular formula is C27H26ClN5O5S. The minimum absolute atomic E-state index is 0.0158. The van der Waals surface area contributed by atoms with Crippen LogP contribution in [0.2, 0.25) is 5.02 Å². The van der Waals surface area contributed by atoms with Crippen LogP contribution >= 0.6 is 11.6 Å². The molecule has 10 nitrogen and oxygen atoms in total. The number of H-pyrrole nitrogens is 1. The first kappa shape index (κ1) is 26.7. The fraction of sp³-hybridized carbons (Fsp3) is 0.222. The lowest BCUT2D eigenvalue weighted by molar-refractivity contribution is 0.0849. The molecule has 3 heterocycles. The second-order valence-corrected chi connectivity index (χ2v) is 11.8. The Morgan fingerprint density at radius 3 is 2.38 bits per heavy atom. The Balaban J connectivity index is 1.34. The molecule has 2 aromatic carbocycles. The summed E-state index contributed by atoms with van der Waals surface area (Å²) in [6.07, 6.45) is 4.71. The van der Waals surface area contributed by atoms with Gasteiger partial charge in [0.25, 0.3) is 17.4 Å². The van der Waals surface area contributed by atoms with Gasteiger partial charge in [-0.15, -0.1) is 0 Å². The molecule has 0 saturated carbocycles. The zero-order valence-electron chi connectivity index (χ0n) is 20.9. The van der Waals surface area contributed by atoms with Gasteiger partial charge in [-0.3, -0.25) is 19.0 Å². The molecule has 3 N–H and O–H groups in total. The monoisotopic (exact) mass is 567 g/mol. The lowest BCUT2D eigenvalue weighted by Crippen LogP contribution is -2.61.